The molecule has 1 atom stereocenters. The molecule has 0 bridgehead atoms. The predicted octanol–water partition coefficient (Wildman–Crippen LogP) is 2.20. The van der Waals surface area contributed by atoms with E-state index in [0.717, 1.165) is 35.9 Å². The first-order valence-electron chi connectivity index (χ1n) is 6.76. The second-order valence-electron chi connectivity index (χ2n) is 4.85. The molecule has 0 amide bonds. The maximum Gasteiger partial charge on any atom is 0.325 e. The van der Waals surface area contributed by atoms with Crippen LogP contribution in [0.1, 0.15) is 32.3 Å². The molecule has 0 fully saturated rings. The minimum atomic E-state index is -0.613. The highest BCUT2D eigenvalue weighted by molar-refractivity contribution is 7.99. The number of hydrogen-bond acceptors (Lipinski definition) is 6. The monoisotopic (exact) mass is 297 g/mol. The van der Waals surface area contributed by atoms with E-state index in [1.165, 1.54) is 7.11 Å². The lowest BCUT2D eigenvalue weighted by atomic mass is 9.96. The third-order valence-electron chi connectivity index (χ3n) is 3.01. The van der Waals surface area contributed by atoms with Crippen molar-refractivity contribution in [2.75, 3.05) is 19.4 Å². The van der Waals surface area contributed by atoms with Gasteiger partial charge >= 0.3 is 5.97 Å². The zero-order valence-electron chi connectivity index (χ0n) is 12.6. The van der Waals surface area contributed by atoms with E-state index in [0.29, 0.717) is 0 Å². The molecule has 5 nitrogen and oxygen atoms in total. The Morgan fingerprint density at radius 3 is 2.65 bits per heavy atom. The quantitative estimate of drug-likeness (QED) is 0.343. The molecule has 0 aliphatic heterocycles. The van der Waals surface area contributed by atoms with Crippen molar-refractivity contribution >= 4 is 17.7 Å². The summed E-state index contributed by atoms with van der Waals surface area (Å²) >= 11 is 1.61. The summed E-state index contributed by atoms with van der Waals surface area (Å²) in [6.07, 6.45) is 5.24. The van der Waals surface area contributed by atoms with Crippen LogP contribution >= 0.6 is 11.8 Å². The Kier molecular flexibility index (Phi) is 6.95. The normalized spacial score (nSPS) is 13.8. The summed E-state index contributed by atoms with van der Waals surface area (Å²) in [6.45, 7) is 6.57. The Labute approximate surface area is 124 Å². The summed E-state index contributed by atoms with van der Waals surface area (Å²) in [4.78, 5) is 20.3. The van der Waals surface area contributed by atoms with Gasteiger partial charge in [-0.1, -0.05) is 18.7 Å². The summed E-state index contributed by atoms with van der Waals surface area (Å²) in [7, 11) is 1.42. The number of aryl methyl sites for hydroxylation is 1. The Balaban J connectivity index is 2.41. The van der Waals surface area contributed by atoms with E-state index in [1.54, 1.807) is 11.8 Å². The molecule has 112 valence electrons. The number of esters is 1. The van der Waals surface area contributed by atoms with Crippen molar-refractivity contribution in [2.45, 2.75) is 44.3 Å². The van der Waals surface area contributed by atoms with Gasteiger partial charge in [-0.05, 0) is 38.8 Å². The third-order valence-corrected chi connectivity index (χ3v) is 3.97. The molecule has 0 saturated heterocycles. The standard InChI is InChI=1S/C14H23N3O2S/c1-5-17-14(3,12(18)19-4)7-6-8-20-13-15-9-11(2)10-16-13/h9-10,17H,5-8H2,1-4H3. The smallest absolute Gasteiger partial charge is 0.325 e. The highest BCUT2D eigenvalue weighted by atomic mass is 32.2. The van der Waals surface area contributed by atoms with Crippen LogP contribution in [0.3, 0.4) is 0 Å². The molecule has 6 heteroatoms. The average molecular weight is 297 g/mol. The molecular formula is C14H23N3O2S. The fourth-order valence-corrected chi connectivity index (χ4v) is 2.65. The first-order chi connectivity index (χ1) is 9.51. The lowest BCUT2D eigenvalue weighted by Crippen LogP contribution is -2.50. The molecule has 0 aliphatic rings. The van der Waals surface area contributed by atoms with Crippen molar-refractivity contribution in [3.8, 4) is 0 Å². The second-order valence-corrected chi connectivity index (χ2v) is 5.91. The molecule has 0 radical (unpaired) electrons. The number of thioether (sulfide) groups is 1. The van der Waals surface area contributed by atoms with Crippen molar-refractivity contribution in [1.29, 1.82) is 0 Å². The lowest BCUT2D eigenvalue weighted by Gasteiger charge is -2.27. The molecule has 1 aromatic heterocycles. The van der Waals surface area contributed by atoms with E-state index in [4.69, 9.17) is 4.74 Å². The van der Waals surface area contributed by atoms with Gasteiger partial charge in [-0.15, -0.1) is 0 Å². The van der Waals surface area contributed by atoms with E-state index in [9.17, 15) is 4.79 Å². The number of carbonyl (C=O) groups excluding carboxylic acids is 1. The van der Waals surface area contributed by atoms with Gasteiger partial charge in [0, 0.05) is 18.1 Å². The molecular weight excluding hydrogens is 274 g/mol. The minimum Gasteiger partial charge on any atom is -0.468 e. The Hall–Kier alpha value is -1.14. The first kappa shape index (κ1) is 16.9. The van der Waals surface area contributed by atoms with Crippen LogP contribution in [0.5, 0.6) is 0 Å². The fraction of sp³-hybridized carbons (Fsp3) is 0.643. The molecule has 1 aromatic rings. The van der Waals surface area contributed by atoms with Crippen molar-refractivity contribution < 1.29 is 9.53 Å². The van der Waals surface area contributed by atoms with Crippen molar-refractivity contribution in [3.63, 3.8) is 0 Å². The number of likely N-dealkylation sites (N-methyl/N-ethyl adjacent to an activating group) is 1. The number of nitrogens with one attached hydrogen (secondary N) is 1. The van der Waals surface area contributed by atoms with Gasteiger partial charge in [0.1, 0.15) is 5.54 Å². The van der Waals surface area contributed by atoms with Gasteiger partial charge < -0.3 is 10.1 Å². The Morgan fingerprint density at radius 1 is 1.45 bits per heavy atom. The van der Waals surface area contributed by atoms with Crippen LogP contribution in [-0.2, 0) is 9.53 Å². The van der Waals surface area contributed by atoms with Crippen LogP contribution in [0.25, 0.3) is 0 Å². The highest BCUT2D eigenvalue weighted by Crippen LogP contribution is 2.19. The summed E-state index contributed by atoms with van der Waals surface area (Å²) in [5.74, 6) is 0.664. The topological polar surface area (TPSA) is 64.1 Å². The molecule has 0 aliphatic carbocycles. The summed E-state index contributed by atoms with van der Waals surface area (Å²) in [5.41, 5.74) is 0.442. The lowest BCUT2D eigenvalue weighted by molar-refractivity contribution is -0.148. The molecule has 1 unspecified atom stereocenters. The zero-order chi connectivity index (χ0) is 15.0. The number of nitrogens with zero attached hydrogens (tertiary/aromatic N) is 2. The van der Waals surface area contributed by atoms with Crippen LogP contribution < -0.4 is 5.32 Å². The first-order valence-corrected chi connectivity index (χ1v) is 7.75. The summed E-state index contributed by atoms with van der Waals surface area (Å²) < 4.78 is 4.86. The SMILES string of the molecule is CCNC(C)(CCCSc1ncc(C)cn1)C(=O)OC. The van der Waals surface area contributed by atoms with Crippen molar-refractivity contribution in [2.24, 2.45) is 0 Å². The zero-order valence-corrected chi connectivity index (χ0v) is 13.4. The van der Waals surface area contributed by atoms with E-state index >= 15 is 0 Å². The molecule has 20 heavy (non-hydrogen) atoms. The maximum absolute atomic E-state index is 11.8. The molecule has 0 aromatic carbocycles. The number of carbonyl (C=O) groups is 1. The van der Waals surface area contributed by atoms with Crippen molar-refractivity contribution in [3.05, 3.63) is 18.0 Å². The number of rotatable bonds is 8. The molecule has 1 heterocycles. The fourth-order valence-electron chi connectivity index (χ4n) is 1.92. The Morgan fingerprint density at radius 2 is 2.10 bits per heavy atom. The third kappa shape index (κ3) is 5.09. The van der Waals surface area contributed by atoms with E-state index in [2.05, 4.69) is 15.3 Å². The van der Waals surface area contributed by atoms with Gasteiger partial charge in [0.2, 0.25) is 0 Å². The van der Waals surface area contributed by atoms with Crippen LogP contribution in [0, 0.1) is 6.92 Å². The molecule has 1 N–H and O–H groups in total. The van der Waals surface area contributed by atoms with Crippen molar-refractivity contribution in [1.82, 2.24) is 15.3 Å². The summed E-state index contributed by atoms with van der Waals surface area (Å²) in [5, 5.41) is 3.98. The highest BCUT2D eigenvalue weighted by Gasteiger charge is 2.32. The maximum atomic E-state index is 11.8. The Bertz CT molecular complexity index is 425. The predicted molar refractivity (Wildman–Crippen MR) is 80.8 cm³/mol. The number of hydrogen-bond donors (Lipinski definition) is 1. The number of ether oxygens (including phenoxy) is 1. The van der Waals surface area contributed by atoms with Gasteiger partial charge in [0.15, 0.2) is 5.16 Å². The van der Waals surface area contributed by atoms with Gasteiger partial charge in [0.05, 0.1) is 7.11 Å². The van der Waals surface area contributed by atoms with Crippen LogP contribution in [0.2, 0.25) is 0 Å². The van der Waals surface area contributed by atoms with E-state index in [-0.39, 0.29) is 5.97 Å². The average Bonchev–Trinajstić information content (AvgIpc) is 2.45. The largest absolute Gasteiger partial charge is 0.468 e. The van der Waals surface area contributed by atoms with Gasteiger partial charge in [-0.25, -0.2) is 9.97 Å². The summed E-state index contributed by atoms with van der Waals surface area (Å²) in [6, 6.07) is 0. The van der Waals surface area contributed by atoms with Gasteiger partial charge in [-0.3, -0.25) is 4.79 Å². The van der Waals surface area contributed by atoms with Crippen LogP contribution in [0.4, 0.5) is 0 Å². The van der Waals surface area contributed by atoms with Gasteiger partial charge in [0.25, 0.3) is 0 Å². The number of methoxy groups -OCH3 is 1. The second kappa shape index (κ2) is 8.21. The molecule has 0 saturated carbocycles. The van der Waals surface area contributed by atoms with Crippen LogP contribution in [-0.4, -0.2) is 40.9 Å². The van der Waals surface area contributed by atoms with Crippen LogP contribution in [0.15, 0.2) is 17.6 Å². The number of aromatic nitrogens is 2. The van der Waals surface area contributed by atoms with E-state index in [1.807, 2.05) is 33.2 Å². The van der Waals surface area contributed by atoms with Gasteiger partial charge in [-0.2, -0.15) is 0 Å². The minimum absolute atomic E-state index is 0.212. The van der Waals surface area contributed by atoms with E-state index < -0.39 is 5.54 Å². The molecule has 0 spiro atoms. The molecule has 1 rings (SSSR count).